The first-order valence-corrected chi connectivity index (χ1v) is 11.3. The van der Waals surface area contributed by atoms with Gasteiger partial charge < -0.3 is 9.80 Å². The van der Waals surface area contributed by atoms with Gasteiger partial charge in [-0.15, -0.1) is 0 Å². The summed E-state index contributed by atoms with van der Waals surface area (Å²) in [7, 11) is 0. The van der Waals surface area contributed by atoms with Gasteiger partial charge in [0.05, 0.1) is 16.3 Å². The number of hydrazine groups is 1. The van der Waals surface area contributed by atoms with Gasteiger partial charge in [0.15, 0.2) is 0 Å². The van der Waals surface area contributed by atoms with Crippen LogP contribution in [0.1, 0.15) is 0 Å². The van der Waals surface area contributed by atoms with E-state index in [1.54, 1.807) is 11.2 Å². The molecule has 1 N–H and O–H groups in total. The normalized spacial score (nSPS) is 13.4. The molecule has 0 saturated carbocycles. The summed E-state index contributed by atoms with van der Waals surface area (Å²) < 4.78 is 0. The van der Waals surface area contributed by atoms with Crippen molar-refractivity contribution in [2.75, 3.05) is 46.4 Å². The summed E-state index contributed by atoms with van der Waals surface area (Å²) in [5.74, 6) is 1.32. The Morgan fingerprint density at radius 1 is 0.771 bits per heavy atom. The van der Waals surface area contributed by atoms with Crippen LogP contribution in [-0.4, -0.2) is 46.1 Å². The number of hydrogen-bond acceptors (Lipinski definition) is 9. The molecule has 35 heavy (non-hydrogen) atoms. The second-order valence-corrected chi connectivity index (χ2v) is 7.93. The quantitative estimate of drug-likeness (QED) is 0.314. The van der Waals surface area contributed by atoms with Crippen molar-refractivity contribution in [2.45, 2.75) is 0 Å². The molecule has 1 saturated heterocycles. The highest BCUT2D eigenvalue weighted by molar-refractivity contribution is 5.75. The number of rotatable bonds is 7. The molecule has 1 aliphatic rings. The lowest BCUT2D eigenvalue weighted by Gasteiger charge is -2.35. The Kier molecular flexibility index (Phi) is 6.33. The predicted molar refractivity (Wildman–Crippen MR) is 136 cm³/mol. The van der Waals surface area contributed by atoms with Crippen LogP contribution in [0.25, 0.3) is 0 Å². The molecule has 4 aromatic rings. The third kappa shape index (κ3) is 4.81. The standard InChI is InChI=1S/C25H24N8O2/c34-33(35)23-24(29-32(20-9-3-1-4-10-20)21-11-5-2-6-12-21)27-19-28-25(23)31-17-15-30(16-18-31)22-13-7-8-14-26-22/h1-14,19H,15-18H2,(H,27,28,29). The number of benzene rings is 2. The van der Waals surface area contributed by atoms with Crippen LogP contribution in [0.5, 0.6) is 0 Å². The van der Waals surface area contributed by atoms with E-state index < -0.39 is 4.92 Å². The maximum absolute atomic E-state index is 12.2. The van der Waals surface area contributed by atoms with Crippen LogP contribution in [0.2, 0.25) is 0 Å². The zero-order valence-corrected chi connectivity index (χ0v) is 18.9. The van der Waals surface area contributed by atoms with Crippen molar-refractivity contribution < 1.29 is 4.92 Å². The SMILES string of the molecule is O=[N+]([O-])c1c(NN(c2ccccc2)c2ccccc2)ncnc1N1CCN(c2ccccn2)CC1. The van der Waals surface area contributed by atoms with Gasteiger partial charge in [0.1, 0.15) is 12.1 Å². The fourth-order valence-corrected chi connectivity index (χ4v) is 4.08. The summed E-state index contributed by atoms with van der Waals surface area (Å²) in [4.78, 5) is 28.9. The predicted octanol–water partition coefficient (Wildman–Crippen LogP) is 4.27. The molecule has 2 aromatic heterocycles. The number of nitro groups is 1. The zero-order valence-electron chi connectivity index (χ0n) is 18.9. The Bertz CT molecular complexity index is 1230. The van der Waals surface area contributed by atoms with Crippen molar-refractivity contribution >= 4 is 34.5 Å². The highest BCUT2D eigenvalue weighted by Gasteiger charge is 2.30. The number of anilines is 5. The molecule has 0 spiro atoms. The highest BCUT2D eigenvalue weighted by Crippen LogP contribution is 2.35. The number of pyridine rings is 1. The number of piperazine rings is 1. The molecule has 0 bridgehead atoms. The van der Waals surface area contributed by atoms with Gasteiger partial charge in [0.25, 0.3) is 0 Å². The van der Waals surface area contributed by atoms with Crippen LogP contribution in [0.15, 0.2) is 91.4 Å². The summed E-state index contributed by atoms with van der Waals surface area (Å²) in [6, 6.07) is 25.0. The average Bonchev–Trinajstić information content (AvgIpc) is 2.93. The second kappa shape index (κ2) is 10.0. The van der Waals surface area contributed by atoms with E-state index in [2.05, 4.69) is 25.3 Å². The molecule has 3 heterocycles. The molecule has 0 atom stereocenters. The average molecular weight is 469 g/mol. The van der Waals surface area contributed by atoms with Crippen LogP contribution in [0, 0.1) is 10.1 Å². The van der Waals surface area contributed by atoms with Crippen LogP contribution in [0.3, 0.4) is 0 Å². The Labute approximate surface area is 202 Å². The fraction of sp³-hybridized carbons (Fsp3) is 0.160. The van der Waals surface area contributed by atoms with E-state index in [0.717, 1.165) is 17.2 Å². The molecule has 0 aliphatic carbocycles. The van der Waals surface area contributed by atoms with E-state index in [-0.39, 0.29) is 11.5 Å². The molecular weight excluding hydrogens is 444 g/mol. The van der Waals surface area contributed by atoms with Gasteiger partial charge in [-0.2, -0.15) is 0 Å². The van der Waals surface area contributed by atoms with Crippen molar-refractivity contribution in [1.82, 2.24) is 15.0 Å². The van der Waals surface area contributed by atoms with Crippen LogP contribution < -0.4 is 20.2 Å². The Morgan fingerprint density at radius 2 is 1.37 bits per heavy atom. The number of nitrogens with zero attached hydrogens (tertiary/aromatic N) is 7. The molecule has 0 radical (unpaired) electrons. The summed E-state index contributed by atoms with van der Waals surface area (Å²) >= 11 is 0. The highest BCUT2D eigenvalue weighted by atomic mass is 16.6. The largest absolute Gasteiger partial charge is 0.355 e. The van der Waals surface area contributed by atoms with Gasteiger partial charge in [0.2, 0.25) is 11.6 Å². The van der Waals surface area contributed by atoms with E-state index in [4.69, 9.17) is 0 Å². The molecule has 5 rings (SSSR count). The van der Waals surface area contributed by atoms with Gasteiger partial charge in [-0.05, 0) is 36.4 Å². The molecule has 176 valence electrons. The fourth-order valence-electron chi connectivity index (χ4n) is 4.08. The molecule has 1 fully saturated rings. The molecule has 1 aliphatic heterocycles. The minimum atomic E-state index is -0.420. The Morgan fingerprint density at radius 3 is 1.94 bits per heavy atom. The lowest BCUT2D eigenvalue weighted by molar-refractivity contribution is -0.383. The van der Waals surface area contributed by atoms with Gasteiger partial charge in [-0.3, -0.25) is 20.5 Å². The molecular formula is C25H24N8O2. The second-order valence-electron chi connectivity index (χ2n) is 7.93. The molecule has 2 aromatic carbocycles. The van der Waals surface area contributed by atoms with Crippen molar-refractivity contribution in [3.8, 4) is 0 Å². The van der Waals surface area contributed by atoms with Gasteiger partial charge in [-0.1, -0.05) is 42.5 Å². The van der Waals surface area contributed by atoms with Gasteiger partial charge in [-0.25, -0.2) is 15.0 Å². The van der Waals surface area contributed by atoms with Crippen molar-refractivity contribution in [2.24, 2.45) is 0 Å². The van der Waals surface area contributed by atoms with Gasteiger partial charge in [0, 0.05) is 32.4 Å². The molecule has 0 amide bonds. The topological polar surface area (TPSA) is 104 Å². The minimum absolute atomic E-state index is 0.125. The van der Waals surface area contributed by atoms with Crippen molar-refractivity contribution in [3.63, 3.8) is 0 Å². The minimum Gasteiger partial charge on any atom is -0.353 e. The summed E-state index contributed by atoms with van der Waals surface area (Å²) in [6.45, 7) is 2.52. The zero-order chi connectivity index (χ0) is 24.0. The first kappa shape index (κ1) is 22.1. The lowest BCUT2D eigenvalue weighted by Crippen LogP contribution is -2.47. The number of para-hydroxylation sites is 2. The monoisotopic (exact) mass is 468 g/mol. The molecule has 10 heteroatoms. The third-order valence-electron chi connectivity index (χ3n) is 5.78. The first-order valence-electron chi connectivity index (χ1n) is 11.3. The van der Waals surface area contributed by atoms with Crippen LogP contribution in [-0.2, 0) is 0 Å². The molecule has 10 nitrogen and oxygen atoms in total. The Balaban J connectivity index is 1.44. The summed E-state index contributed by atoms with van der Waals surface area (Å²) in [5, 5.41) is 14.0. The van der Waals surface area contributed by atoms with Crippen LogP contribution in [0.4, 0.5) is 34.5 Å². The van der Waals surface area contributed by atoms with Crippen molar-refractivity contribution in [3.05, 3.63) is 102 Å². The van der Waals surface area contributed by atoms with E-state index in [9.17, 15) is 10.1 Å². The van der Waals surface area contributed by atoms with Crippen molar-refractivity contribution in [1.29, 1.82) is 0 Å². The lowest BCUT2D eigenvalue weighted by atomic mass is 10.2. The number of aromatic nitrogens is 3. The van der Waals surface area contributed by atoms with E-state index >= 15 is 0 Å². The van der Waals surface area contributed by atoms with Gasteiger partial charge >= 0.3 is 5.69 Å². The van der Waals surface area contributed by atoms with E-state index in [1.807, 2.05) is 83.8 Å². The van der Waals surface area contributed by atoms with E-state index in [0.29, 0.717) is 32.0 Å². The van der Waals surface area contributed by atoms with Crippen LogP contribution >= 0.6 is 0 Å². The third-order valence-corrected chi connectivity index (χ3v) is 5.78. The number of nitrogens with one attached hydrogen (secondary N) is 1. The maximum Gasteiger partial charge on any atom is 0.355 e. The number of hydrogen-bond donors (Lipinski definition) is 1. The maximum atomic E-state index is 12.2. The summed E-state index contributed by atoms with van der Waals surface area (Å²) in [6.07, 6.45) is 3.13. The summed E-state index contributed by atoms with van der Waals surface area (Å²) in [5.41, 5.74) is 4.65. The first-order chi connectivity index (χ1) is 17.2. The van der Waals surface area contributed by atoms with E-state index in [1.165, 1.54) is 6.33 Å². The molecule has 0 unspecified atom stereocenters. The smallest absolute Gasteiger partial charge is 0.353 e. The Hall–Kier alpha value is -4.73.